The van der Waals surface area contributed by atoms with Gasteiger partial charge in [0.1, 0.15) is 23.7 Å². The Labute approximate surface area is 152 Å². The van der Waals surface area contributed by atoms with Gasteiger partial charge in [-0.1, -0.05) is 18.2 Å². The highest BCUT2D eigenvalue weighted by Gasteiger charge is 2.30. The third kappa shape index (κ3) is 4.35. The van der Waals surface area contributed by atoms with Gasteiger partial charge in [-0.2, -0.15) is 0 Å². The summed E-state index contributed by atoms with van der Waals surface area (Å²) in [7, 11) is 0. The smallest absolute Gasteiger partial charge is 0.274 e. The number of halogens is 1. The predicted octanol–water partition coefficient (Wildman–Crippen LogP) is 2.67. The van der Waals surface area contributed by atoms with Crippen LogP contribution in [0.2, 0.25) is 0 Å². The van der Waals surface area contributed by atoms with E-state index in [4.69, 9.17) is 10.5 Å². The number of ether oxygens (including phenoxy) is 1. The molecule has 1 unspecified atom stereocenters. The zero-order valence-corrected chi connectivity index (χ0v) is 15.0. The number of amides is 1. The first-order valence-corrected chi connectivity index (χ1v) is 7.73. The molecule has 1 amide bonds. The summed E-state index contributed by atoms with van der Waals surface area (Å²) < 4.78 is 5.50. The summed E-state index contributed by atoms with van der Waals surface area (Å²) in [5, 5.41) is 2.86. The number of aryl methyl sites for hydroxylation is 1. The van der Waals surface area contributed by atoms with E-state index in [1.807, 2.05) is 44.2 Å². The molecule has 0 fully saturated rings. The largest absolute Gasteiger partial charge is 0.386 e. The van der Waals surface area contributed by atoms with Crippen molar-refractivity contribution < 1.29 is 9.53 Å². The van der Waals surface area contributed by atoms with E-state index in [0.29, 0.717) is 30.4 Å². The lowest BCUT2D eigenvalue weighted by molar-refractivity contribution is 0.102. The van der Waals surface area contributed by atoms with Crippen molar-refractivity contribution in [2.45, 2.75) is 19.4 Å². The van der Waals surface area contributed by atoms with Gasteiger partial charge in [0.25, 0.3) is 5.91 Å². The van der Waals surface area contributed by atoms with E-state index >= 15 is 0 Å². The van der Waals surface area contributed by atoms with Gasteiger partial charge in [-0.25, -0.2) is 0 Å². The zero-order chi connectivity index (χ0) is 17.2. The molecule has 0 aliphatic carbocycles. The molecule has 1 aliphatic heterocycles. The molecule has 0 saturated carbocycles. The Balaban J connectivity index is 0.00000225. The highest BCUT2D eigenvalue weighted by atomic mass is 35.5. The number of anilines is 1. The molecule has 1 atom stereocenters. The molecule has 0 radical (unpaired) electrons. The normalized spacial score (nSPS) is 19.5. The van der Waals surface area contributed by atoms with E-state index < -0.39 is 5.54 Å². The number of hydrogen-bond acceptors (Lipinski definition) is 5. The molecule has 1 aliphatic rings. The first-order valence-electron chi connectivity index (χ1n) is 7.73. The summed E-state index contributed by atoms with van der Waals surface area (Å²) in [6, 6.07) is 11.1. The summed E-state index contributed by atoms with van der Waals surface area (Å²) in [5.74, 6) is 0.224. The van der Waals surface area contributed by atoms with Gasteiger partial charge in [0.15, 0.2) is 0 Å². The van der Waals surface area contributed by atoms with Gasteiger partial charge in [0, 0.05) is 11.9 Å². The summed E-state index contributed by atoms with van der Waals surface area (Å²) in [4.78, 5) is 21.0. The van der Waals surface area contributed by atoms with Crippen LogP contribution in [0.25, 0.3) is 0 Å². The summed E-state index contributed by atoms with van der Waals surface area (Å²) in [6.07, 6.45) is 1.67. The number of rotatable bonds is 3. The number of amidine groups is 1. The van der Waals surface area contributed by atoms with Crippen molar-refractivity contribution in [3.8, 4) is 0 Å². The minimum atomic E-state index is -0.550. The minimum Gasteiger partial charge on any atom is -0.386 e. The minimum absolute atomic E-state index is 0. The number of nitrogens with one attached hydrogen (secondary N) is 1. The van der Waals surface area contributed by atoms with Crippen LogP contribution in [-0.2, 0) is 10.3 Å². The van der Waals surface area contributed by atoms with Crippen LogP contribution in [0, 0.1) is 6.92 Å². The summed E-state index contributed by atoms with van der Waals surface area (Å²) in [5.41, 5.74) is 8.25. The molecule has 1 aromatic heterocycles. The maximum absolute atomic E-state index is 12.3. The molecule has 3 N–H and O–H groups in total. The van der Waals surface area contributed by atoms with E-state index in [-0.39, 0.29) is 18.3 Å². The van der Waals surface area contributed by atoms with Crippen molar-refractivity contribution >= 4 is 29.8 Å². The van der Waals surface area contributed by atoms with Crippen LogP contribution in [0.1, 0.15) is 28.5 Å². The van der Waals surface area contributed by atoms with Gasteiger partial charge in [0.2, 0.25) is 0 Å². The lowest BCUT2D eigenvalue weighted by Gasteiger charge is -2.30. The highest BCUT2D eigenvalue weighted by Crippen LogP contribution is 2.29. The predicted molar refractivity (Wildman–Crippen MR) is 100 cm³/mol. The Bertz CT molecular complexity index is 792. The highest BCUT2D eigenvalue weighted by molar-refractivity contribution is 6.02. The molecule has 132 valence electrons. The van der Waals surface area contributed by atoms with Crippen LogP contribution >= 0.6 is 12.4 Å². The van der Waals surface area contributed by atoms with Crippen LogP contribution in [0.4, 0.5) is 5.69 Å². The number of carbonyl (C=O) groups excluding carboxylic acids is 1. The van der Waals surface area contributed by atoms with Crippen molar-refractivity contribution in [3.63, 3.8) is 0 Å². The molecule has 2 heterocycles. The van der Waals surface area contributed by atoms with E-state index in [1.54, 1.807) is 12.3 Å². The molecule has 0 spiro atoms. The van der Waals surface area contributed by atoms with Gasteiger partial charge in [-0.3, -0.25) is 14.8 Å². The summed E-state index contributed by atoms with van der Waals surface area (Å²) >= 11 is 0. The van der Waals surface area contributed by atoms with Gasteiger partial charge in [-0.05, 0) is 43.2 Å². The van der Waals surface area contributed by atoms with E-state index in [9.17, 15) is 4.79 Å². The van der Waals surface area contributed by atoms with Crippen LogP contribution in [0.15, 0.2) is 47.6 Å². The number of carbonyl (C=O) groups is 1. The second kappa shape index (κ2) is 7.63. The van der Waals surface area contributed by atoms with Gasteiger partial charge < -0.3 is 15.8 Å². The molecule has 7 heteroatoms. The second-order valence-electron chi connectivity index (χ2n) is 6.13. The number of benzene rings is 1. The second-order valence-corrected chi connectivity index (χ2v) is 6.13. The Kier molecular flexibility index (Phi) is 5.77. The van der Waals surface area contributed by atoms with E-state index in [1.165, 1.54) is 0 Å². The average molecular weight is 361 g/mol. The lowest BCUT2D eigenvalue weighted by Crippen LogP contribution is -2.37. The maximum atomic E-state index is 12.3. The SMILES string of the molecule is Cc1ccc(C(=O)Nc2cccc(C3(C)COCC(N)=N3)c2)nc1.Cl. The Morgan fingerprint density at radius 3 is 2.80 bits per heavy atom. The number of hydrogen-bond donors (Lipinski definition) is 2. The molecule has 6 nitrogen and oxygen atoms in total. The van der Waals surface area contributed by atoms with Crippen LogP contribution in [0.5, 0.6) is 0 Å². The molecule has 0 saturated heterocycles. The van der Waals surface area contributed by atoms with Crippen LogP contribution in [-0.4, -0.2) is 29.9 Å². The number of pyridine rings is 1. The fraction of sp³-hybridized carbons (Fsp3) is 0.278. The first kappa shape index (κ1) is 18.9. The standard InChI is InChI=1S/C18H20N4O2.ClH/c1-12-6-7-15(20-9-12)17(23)21-14-5-3-4-13(8-14)18(2)11-24-10-16(19)22-18;/h3-9H,10-11H2,1-2H3,(H2,19,22)(H,21,23);1H. The fourth-order valence-electron chi connectivity index (χ4n) is 2.61. The van der Waals surface area contributed by atoms with Crippen LogP contribution in [0.3, 0.4) is 0 Å². The van der Waals surface area contributed by atoms with E-state index in [2.05, 4.69) is 15.3 Å². The molecule has 25 heavy (non-hydrogen) atoms. The third-order valence-electron chi connectivity index (χ3n) is 3.91. The number of nitrogens with zero attached hydrogens (tertiary/aromatic N) is 2. The molecular weight excluding hydrogens is 340 g/mol. The fourth-order valence-corrected chi connectivity index (χ4v) is 2.61. The van der Waals surface area contributed by atoms with Crippen LogP contribution < -0.4 is 11.1 Å². The third-order valence-corrected chi connectivity index (χ3v) is 3.91. The lowest BCUT2D eigenvalue weighted by atomic mass is 9.92. The monoisotopic (exact) mass is 360 g/mol. The molecule has 2 aromatic rings. The molecule has 3 rings (SSSR count). The maximum Gasteiger partial charge on any atom is 0.274 e. The molecule has 1 aromatic carbocycles. The quantitative estimate of drug-likeness (QED) is 0.880. The van der Waals surface area contributed by atoms with Gasteiger partial charge >= 0.3 is 0 Å². The van der Waals surface area contributed by atoms with Crippen molar-refractivity contribution in [2.24, 2.45) is 10.7 Å². The Hall–Kier alpha value is -2.44. The Morgan fingerprint density at radius 1 is 1.32 bits per heavy atom. The topological polar surface area (TPSA) is 89.6 Å². The Morgan fingerprint density at radius 2 is 2.12 bits per heavy atom. The van der Waals surface area contributed by atoms with Gasteiger partial charge in [0.05, 0.1) is 6.61 Å². The molecule has 0 bridgehead atoms. The zero-order valence-electron chi connectivity index (χ0n) is 14.2. The number of nitrogens with two attached hydrogens (primary N) is 1. The van der Waals surface area contributed by atoms with E-state index in [0.717, 1.165) is 11.1 Å². The van der Waals surface area contributed by atoms with Crippen molar-refractivity contribution in [1.29, 1.82) is 0 Å². The molecular formula is C18H21ClN4O2. The average Bonchev–Trinajstić information content (AvgIpc) is 2.55. The van der Waals surface area contributed by atoms with Crippen molar-refractivity contribution in [3.05, 3.63) is 59.4 Å². The van der Waals surface area contributed by atoms with Gasteiger partial charge in [-0.15, -0.1) is 12.4 Å². The first-order chi connectivity index (χ1) is 11.5. The number of aliphatic imine (C=N–C) groups is 1. The van der Waals surface area contributed by atoms with Crippen molar-refractivity contribution in [2.75, 3.05) is 18.5 Å². The van der Waals surface area contributed by atoms with Crippen molar-refractivity contribution in [1.82, 2.24) is 4.98 Å². The summed E-state index contributed by atoms with van der Waals surface area (Å²) in [6.45, 7) is 4.69. The number of aromatic nitrogens is 1.